The van der Waals surface area contributed by atoms with Gasteiger partial charge in [0.05, 0.1) is 19.6 Å². The molecule has 2 aliphatic heterocycles. The smallest absolute Gasteiger partial charge is 0.227 e. The number of likely N-dealkylation sites (N-methyl/N-ethyl adjacent to an activating group) is 1. The highest BCUT2D eigenvalue weighted by Crippen LogP contribution is 2.40. The normalized spacial score (nSPS) is 26.8. The molecule has 28 heavy (non-hydrogen) atoms. The molecule has 1 saturated carbocycles. The minimum absolute atomic E-state index is 0.0551. The highest BCUT2D eigenvalue weighted by molar-refractivity contribution is 5.79. The number of halogens is 1. The third kappa shape index (κ3) is 4.00. The highest BCUT2D eigenvalue weighted by atomic mass is 19.1. The third-order valence-corrected chi connectivity index (χ3v) is 6.22. The summed E-state index contributed by atoms with van der Waals surface area (Å²) in [5, 5.41) is 0. The minimum Gasteiger partial charge on any atom is -0.347 e. The number of hydrogen-bond donors (Lipinski definition) is 0. The van der Waals surface area contributed by atoms with Gasteiger partial charge in [0, 0.05) is 44.6 Å². The fraction of sp³-hybridized carbons (Fsp3) is 0.591. The molecule has 2 atom stereocenters. The van der Waals surface area contributed by atoms with Crippen LogP contribution in [0.3, 0.4) is 0 Å². The molecule has 1 saturated heterocycles. The van der Waals surface area contributed by atoms with Crippen LogP contribution in [0, 0.1) is 5.82 Å². The van der Waals surface area contributed by atoms with Gasteiger partial charge in [0.25, 0.3) is 0 Å². The van der Waals surface area contributed by atoms with Gasteiger partial charge < -0.3 is 14.4 Å². The maximum atomic E-state index is 13.5. The molecule has 152 valence electrons. The summed E-state index contributed by atoms with van der Waals surface area (Å²) in [6.45, 7) is 5.75. The van der Waals surface area contributed by atoms with Gasteiger partial charge in [-0.2, -0.15) is 0 Å². The van der Waals surface area contributed by atoms with E-state index in [4.69, 9.17) is 9.47 Å². The lowest BCUT2D eigenvalue weighted by molar-refractivity contribution is -0.199. The number of ether oxygens (including phenoxy) is 2. The summed E-state index contributed by atoms with van der Waals surface area (Å²) in [5.41, 5.74) is 0.720. The van der Waals surface area contributed by atoms with Gasteiger partial charge in [-0.15, -0.1) is 0 Å². The summed E-state index contributed by atoms with van der Waals surface area (Å²) in [7, 11) is 0. The van der Waals surface area contributed by atoms with Crippen molar-refractivity contribution >= 4 is 5.91 Å². The highest BCUT2D eigenvalue weighted by Gasteiger charge is 2.48. The average Bonchev–Trinajstić information content (AvgIpc) is 3.36. The SMILES string of the molecule is CCN(C(=O)Cc1cccc(F)c1)C1CCC2(CC1N1CC=CC1)OCCO2. The Morgan fingerprint density at radius 1 is 1.29 bits per heavy atom. The van der Waals surface area contributed by atoms with Crippen molar-refractivity contribution in [3.8, 4) is 0 Å². The van der Waals surface area contributed by atoms with E-state index in [0.717, 1.165) is 37.9 Å². The number of rotatable bonds is 5. The summed E-state index contributed by atoms with van der Waals surface area (Å²) in [4.78, 5) is 17.5. The van der Waals surface area contributed by atoms with Crippen LogP contribution in [0.15, 0.2) is 36.4 Å². The molecule has 1 aromatic carbocycles. The maximum absolute atomic E-state index is 13.5. The van der Waals surface area contributed by atoms with E-state index in [2.05, 4.69) is 17.1 Å². The topological polar surface area (TPSA) is 42.0 Å². The van der Waals surface area contributed by atoms with Crippen molar-refractivity contribution in [2.24, 2.45) is 0 Å². The predicted octanol–water partition coefficient (Wildman–Crippen LogP) is 2.75. The predicted molar refractivity (Wildman–Crippen MR) is 104 cm³/mol. The number of carbonyl (C=O) groups is 1. The Hall–Kier alpha value is -1.76. The Bertz CT molecular complexity index is 724. The van der Waals surface area contributed by atoms with Crippen molar-refractivity contribution in [3.63, 3.8) is 0 Å². The van der Waals surface area contributed by atoms with E-state index in [0.29, 0.717) is 19.8 Å². The van der Waals surface area contributed by atoms with Crippen molar-refractivity contribution in [2.75, 3.05) is 32.8 Å². The van der Waals surface area contributed by atoms with Gasteiger partial charge in [-0.05, 0) is 31.0 Å². The van der Waals surface area contributed by atoms with Gasteiger partial charge in [0.1, 0.15) is 5.82 Å². The molecule has 0 aromatic heterocycles. The molecule has 1 amide bonds. The van der Waals surface area contributed by atoms with E-state index in [1.807, 2.05) is 17.9 Å². The number of nitrogens with zero attached hydrogens (tertiary/aromatic N) is 2. The van der Waals surface area contributed by atoms with E-state index < -0.39 is 5.79 Å². The molecule has 6 heteroatoms. The lowest BCUT2D eigenvalue weighted by atomic mass is 9.83. The van der Waals surface area contributed by atoms with Crippen LogP contribution in [0.25, 0.3) is 0 Å². The van der Waals surface area contributed by atoms with Crippen LogP contribution < -0.4 is 0 Å². The standard InChI is InChI=1S/C22H29FN2O3/c1-2-25(21(26)15-17-6-5-7-18(23)14-17)19-8-9-22(27-12-13-28-22)16-20(19)24-10-3-4-11-24/h3-7,14,19-20H,2,8-13,15-16H2,1H3. The molecule has 2 unspecified atom stereocenters. The van der Waals surface area contributed by atoms with E-state index in [-0.39, 0.29) is 30.2 Å². The van der Waals surface area contributed by atoms with Gasteiger partial charge in [0.2, 0.25) is 5.91 Å². The molecular formula is C22H29FN2O3. The summed E-state index contributed by atoms with van der Waals surface area (Å²) < 4.78 is 25.5. The largest absolute Gasteiger partial charge is 0.347 e. The Balaban J connectivity index is 1.52. The van der Waals surface area contributed by atoms with E-state index in [1.54, 1.807) is 6.07 Å². The molecule has 1 spiro atoms. The first-order valence-electron chi connectivity index (χ1n) is 10.3. The Labute approximate surface area is 166 Å². The molecule has 0 bridgehead atoms. The van der Waals surface area contributed by atoms with Crippen molar-refractivity contribution in [1.29, 1.82) is 0 Å². The molecule has 3 aliphatic rings. The second-order valence-corrected chi connectivity index (χ2v) is 7.90. The number of benzene rings is 1. The summed E-state index contributed by atoms with van der Waals surface area (Å²) in [6, 6.07) is 6.63. The van der Waals surface area contributed by atoms with Crippen LogP contribution in [-0.4, -0.2) is 66.4 Å². The lowest BCUT2D eigenvalue weighted by Crippen LogP contribution is -2.59. The van der Waals surface area contributed by atoms with Crippen molar-refractivity contribution in [2.45, 2.75) is 50.5 Å². The fourth-order valence-corrected chi connectivity index (χ4v) is 4.90. The Morgan fingerprint density at radius 2 is 2.04 bits per heavy atom. The van der Waals surface area contributed by atoms with E-state index in [9.17, 15) is 9.18 Å². The zero-order chi connectivity index (χ0) is 19.6. The maximum Gasteiger partial charge on any atom is 0.227 e. The Morgan fingerprint density at radius 3 is 2.71 bits per heavy atom. The quantitative estimate of drug-likeness (QED) is 0.728. The van der Waals surface area contributed by atoms with Crippen LogP contribution in [0.1, 0.15) is 31.7 Å². The molecule has 2 heterocycles. The zero-order valence-corrected chi connectivity index (χ0v) is 16.5. The van der Waals surface area contributed by atoms with Gasteiger partial charge in [-0.3, -0.25) is 9.69 Å². The summed E-state index contributed by atoms with van der Waals surface area (Å²) in [5.74, 6) is -0.738. The van der Waals surface area contributed by atoms with Gasteiger partial charge in [-0.25, -0.2) is 4.39 Å². The molecule has 0 radical (unpaired) electrons. The van der Waals surface area contributed by atoms with E-state index in [1.165, 1.54) is 12.1 Å². The van der Waals surface area contributed by atoms with Crippen molar-refractivity contribution in [3.05, 3.63) is 47.8 Å². The molecule has 2 fully saturated rings. The molecule has 0 N–H and O–H groups in total. The van der Waals surface area contributed by atoms with Gasteiger partial charge in [0.15, 0.2) is 5.79 Å². The second-order valence-electron chi connectivity index (χ2n) is 7.90. The van der Waals surface area contributed by atoms with Crippen molar-refractivity contribution < 1.29 is 18.7 Å². The van der Waals surface area contributed by atoms with Crippen LogP contribution in [-0.2, 0) is 20.7 Å². The molecule has 1 aromatic rings. The van der Waals surface area contributed by atoms with Crippen LogP contribution in [0.5, 0.6) is 0 Å². The second kappa shape index (κ2) is 8.31. The van der Waals surface area contributed by atoms with Crippen LogP contribution >= 0.6 is 0 Å². The first-order chi connectivity index (χ1) is 13.6. The number of hydrogen-bond acceptors (Lipinski definition) is 4. The lowest BCUT2D eigenvalue weighted by Gasteiger charge is -2.48. The Kier molecular flexibility index (Phi) is 5.80. The molecule has 1 aliphatic carbocycles. The molecule has 5 nitrogen and oxygen atoms in total. The first kappa shape index (κ1) is 19.6. The van der Waals surface area contributed by atoms with Crippen LogP contribution in [0.2, 0.25) is 0 Å². The number of carbonyl (C=O) groups excluding carboxylic acids is 1. The van der Waals surface area contributed by atoms with Gasteiger partial charge >= 0.3 is 0 Å². The first-order valence-corrected chi connectivity index (χ1v) is 10.3. The third-order valence-electron chi connectivity index (χ3n) is 6.22. The zero-order valence-electron chi connectivity index (χ0n) is 16.5. The van der Waals surface area contributed by atoms with Crippen molar-refractivity contribution in [1.82, 2.24) is 9.80 Å². The monoisotopic (exact) mass is 388 g/mol. The molecular weight excluding hydrogens is 359 g/mol. The fourth-order valence-electron chi connectivity index (χ4n) is 4.90. The van der Waals surface area contributed by atoms with Crippen LogP contribution in [0.4, 0.5) is 4.39 Å². The summed E-state index contributed by atoms with van der Waals surface area (Å²) in [6.07, 6.45) is 7.02. The van der Waals surface area contributed by atoms with E-state index >= 15 is 0 Å². The summed E-state index contributed by atoms with van der Waals surface area (Å²) >= 11 is 0. The minimum atomic E-state index is -0.491. The molecule has 4 rings (SSSR count). The number of amides is 1. The van der Waals surface area contributed by atoms with Gasteiger partial charge in [-0.1, -0.05) is 24.3 Å². The average molecular weight is 388 g/mol.